The van der Waals surface area contributed by atoms with Crippen molar-refractivity contribution in [3.8, 4) is 34.2 Å². The molecule has 0 saturated heterocycles. The lowest BCUT2D eigenvalue weighted by atomic mass is 10.1. The number of amides is 1. The Morgan fingerprint density at radius 3 is 2.29 bits per heavy atom. The van der Waals surface area contributed by atoms with Gasteiger partial charge in [-0.3, -0.25) is 14.5 Å². The number of hydrogen-bond donors (Lipinski definition) is 0. The molecule has 3 aromatic carbocycles. The van der Waals surface area contributed by atoms with E-state index in [9.17, 15) is 9.59 Å². The van der Waals surface area contributed by atoms with Crippen LogP contribution in [0.1, 0.15) is 29.4 Å². The Balaban J connectivity index is 1.33. The fourth-order valence-electron chi connectivity index (χ4n) is 4.43. The van der Waals surface area contributed by atoms with Crippen LogP contribution in [0.25, 0.3) is 34.2 Å². The first-order chi connectivity index (χ1) is 19.8. The van der Waals surface area contributed by atoms with Crippen molar-refractivity contribution in [2.45, 2.75) is 40.0 Å². The molecular formula is C32H28FN3O5. The number of aryl methyl sites for hydroxylation is 2. The first kappa shape index (κ1) is 27.5. The van der Waals surface area contributed by atoms with Crippen LogP contribution in [-0.2, 0) is 27.3 Å². The molecule has 0 bridgehead atoms. The number of furan rings is 1. The first-order valence-electron chi connectivity index (χ1n) is 13.0. The van der Waals surface area contributed by atoms with Crippen molar-refractivity contribution in [3.63, 3.8) is 0 Å². The molecule has 0 spiro atoms. The van der Waals surface area contributed by atoms with Gasteiger partial charge >= 0.3 is 0 Å². The predicted molar refractivity (Wildman–Crippen MR) is 150 cm³/mol. The van der Waals surface area contributed by atoms with Crippen molar-refractivity contribution < 1.29 is 27.7 Å². The van der Waals surface area contributed by atoms with Crippen LogP contribution in [0.15, 0.2) is 87.8 Å². The summed E-state index contributed by atoms with van der Waals surface area (Å²) in [6, 6.07) is 23.5. The quantitative estimate of drug-likeness (QED) is 0.144. The van der Waals surface area contributed by atoms with Gasteiger partial charge in [-0.05, 0) is 55.8 Å². The van der Waals surface area contributed by atoms with Crippen LogP contribution in [-0.4, -0.2) is 33.6 Å². The Morgan fingerprint density at radius 1 is 0.976 bits per heavy atom. The third kappa shape index (κ3) is 6.41. The van der Waals surface area contributed by atoms with Gasteiger partial charge in [0, 0.05) is 24.5 Å². The average Bonchev–Trinajstić information content (AvgIpc) is 3.63. The van der Waals surface area contributed by atoms with Gasteiger partial charge in [-0.1, -0.05) is 58.7 Å². The zero-order valence-electron chi connectivity index (χ0n) is 22.8. The van der Waals surface area contributed by atoms with Crippen LogP contribution in [0.4, 0.5) is 4.39 Å². The average molecular weight is 554 g/mol. The lowest BCUT2D eigenvalue weighted by Crippen LogP contribution is -2.41. The van der Waals surface area contributed by atoms with Crippen molar-refractivity contribution in [1.29, 1.82) is 0 Å². The second-order valence-electron chi connectivity index (χ2n) is 9.77. The van der Waals surface area contributed by atoms with Crippen molar-refractivity contribution in [2.75, 3.05) is 0 Å². The van der Waals surface area contributed by atoms with Crippen molar-refractivity contribution in [2.24, 2.45) is 0 Å². The Kier molecular flexibility index (Phi) is 8.05. The van der Waals surface area contributed by atoms with Gasteiger partial charge in [-0.2, -0.15) is 4.98 Å². The molecule has 0 aliphatic rings. The minimum Gasteiger partial charge on any atom is -0.459 e. The van der Waals surface area contributed by atoms with Gasteiger partial charge in [-0.15, -0.1) is 0 Å². The Bertz CT molecular complexity index is 1660. The number of rotatable bonds is 10. The summed E-state index contributed by atoms with van der Waals surface area (Å²) in [5.74, 6) is 0.644. The number of ether oxygens (including phenoxy) is 1. The summed E-state index contributed by atoms with van der Waals surface area (Å²) in [6.45, 7) is 5.68. The van der Waals surface area contributed by atoms with Gasteiger partial charge in [0.1, 0.15) is 17.3 Å². The summed E-state index contributed by atoms with van der Waals surface area (Å²) in [5, 5.41) is 3.93. The zero-order chi connectivity index (χ0) is 28.9. The number of hydrogen-bond acceptors (Lipinski definition) is 7. The molecule has 0 fully saturated rings. The number of aromatic nitrogens is 2. The molecule has 0 N–H and O–H groups in total. The highest BCUT2D eigenvalue weighted by atomic mass is 19.1. The highest BCUT2D eigenvalue weighted by molar-refractivity contribution is 5.73. The Hall–Kier alpha value is -5.05. The molecule has 5 aromatic rings. The summed E-state index contributed by atoms with van der Waals surface area (Å²) in [4.78, 5) is 29.7. The molecule has 0 aliphatic carbocycles. The van der Waals surface area contributed by atoms with Crippen molar-refractivity contribution >= 4 is 12.4 Å². The molecule has 0 radical (unpaired) electrons. The van der Waals surface area contributed by atoms with Gasteiger partial charge in [0.2, 0.25) is 11.7 Å². The fourth-order valence-corrected chi connectivity index (χ4v) is 4.43. The molecule has 1 amide bonds. The predicted octanol–water partition coefficient (Wildman–Crippen LogP) is 6.51. The Labute approximate surface area is 236 Å². The molecule has 208 valence electrons. The van der Waals surface area contributed by atoms with Gasteiger partial charge in [0.05, 0.1) is 12.1 Å². The fraction of sp³-hybridized carbons (Fsp3) is 0.188. The molecule has 9 heteroatoms. The van der Waals surface area contributed by atoms with E-state index in [0.29, 0.717) is 17.1 Å². The van der Waals surface area contributed by atoms with E-state index in [1.165, 1.54) is 24.0 Å². The molecule has 2 heterocycles. The number of halogens is 1. The van der Waals surface area contributed by atoms with E-state index < -0.39 is 12.0 Å². The van der Waals surface area contributed by atoms with E-state index in [4.69, 9.17) is 13.7 Å². The molecule has 1 unspecified atom stereocenters. The van der Waals surface area contributed by atoms with Crippen LogP contribution in [0.3, 0.4) is 0 Å². The topological polar surface area (TPSA) is 98.7 Å². The summed E-state index contributed by atoms with van der Waals surface area (Å²) >= 11 is 0. The maximum absolute atomic E-state index is 15.2. The summed E-state index contributed by atoms with van der Waals surface area (Å²) in [5.41, 5.74) is 4.52. The smallest absolute Gasteiger partial charge is 0.295 e. The van der Waals surface area contributed by atoms with E-state index in [1.54, 1.807) is 12.1 Å². The van der Waals surface area contributed by atoms with Crippen molar-refractivity contribution in [1.82, 2.24) is 15.0 Å². The molecule has 0 aliphatic heterocycles. The minimum atomic E-state index is -0.985. The monoisotopic (exact) mass is 553 g/mol. The molecule has 2 aromatic heterocycles. The van der Waals surface area contributed by atoms with Crippen LogP contribution >= 0.6 is 0 Å². The molecule has 0 saturated carbocycles. The third-order valence-corrected chi connectivity index (χ3v) is 6.70. The second kappa shape index (κ2) is 12.0. The largest absolute Gasteiger partial charge is 0.459 e. The SMILES string of the molecule is CC(=O)N(Cc1ccc(-c2ccc(C)cc2)o1)C(Cc1ccc(-c2noc(-c3ccc(C)cc3)n2)c(F)c1)OC=O. The van der Waals surface area contributed by atoms with Crippen molar-refractivity contribution in [3.05, 3.63) is 107 Å². The van der Waals surface area contributed by atoms with Gasteiger partial charge in [-0.25, -0.2) is 4.39 Å². The lowest BCUT2D eigenvalue weighted by molar-refractivity contribution is -0.154. The van der Waals surface area contributed by atoms with Crippen LogP contribution < -0.4 is 0 Å². The number of benzene rings is 3. The van der Waals surface area contributed by atoms with Crippen LogP contribution in [0.2, 0.25) is 0 Å². The molecule has 1 atom stereocenters. The summed E-state index contributed by atoms with van der Waals surface area (Å²) in [6.07, 6.45) is -0.927. The zero-order valence-corrected chi connectivity index (χ0v) is 22.8. The number of carbonyl (C=O) groups is 2. The van der Waals surface area contributed by atoms with Crippen LogP contribution in [0.5, 0.6) is 0 Å². The second-order valence-corrected chi connectivity index (χ2v) is 9.77. The van der Waals surface area contributed by atoms with Gasteiger partial charge in [0.25, 0.3) is 12.4 Å². The minimum absolute atomic E-state index is 0.0574. The molecular weight excluding hydrogens is 525 g/mol. The van der Waals surface area contributed by atoms with E-state index in [0.717, 1.165) is 22.3 Å². The highest BCUT2D eigenvalue weighted by Crippen LogP contribution is 2.27. The Morgan fingerprint density at radius 2 is 1.66 bits per heavy atom. The number of carbonyl (C=O) groups excluding carboxylic acids is 2. The van der Waals surface area contributed by atoms with E-state index in [2.05, 4.69) is 10.1 Å². The standard InChI is InChI=1S/C32H28FN3O5/c1-20-4-9-24(10-5-20)29-15-13-26(40-29)18-36(22(3)38)30(39-19-37)17-23-8-14-27(28(33)16-23)31-34-32(41-35-31)25-11-6-21(2)7-12-25/h4-16,19,30H,17-18H2,1-3H3. The molecule has 5 rings (SSSR count). The summed E-state index contributed by atoms with van der Waals surface area (Å²) in [7, 11) is 0. The van der Waals surface area contributed by atoms with Gasteiger partial charge in [0.15, 0.2) is 6.23 Å². The van der Waals surface area contributed by atoms with Gasteiger partial charge < -0.3 is 13.7 Å². The highest BCUT2D eigenvalue weighted by Gasteiger charge is 2.25. The summed E-state index contributed by atoms with van der Waals surface area (Å²) < 4.78 is 31.8. The first-order valence-corrected chi connectivity index (χ1v) is 13.0. The van der Waals surface area contributed by atoms with E-state index in [-0.39, 0.29) is 42.6 Å². The third-order valence-electron chi connectivity index (χ3n) is 6.70. The normalized spacial score (nSPS) is 11.7. The lowest BCUT2D eigenvalue weighted by Gasteiger charge is -2.28. The number of nitrogens with zero attached hydrogens (tertiary/aromatic N) is 3. The van der Waals surface area contributed by atoms with E-state index in [1.807, 2.05) is 68.4 Å². The molecule has 41 heavy (non-hydrogen) atoms. The van der Waals surface area contributed by atoms with E-state index >= 15 is 4.39 Å². The van der Waals surface area contributed by atoms with Crippen LogP contribution in [0, 0.1) is 19.7 Å². The molecule has 8 nitrogen and oxygen atoms in total. The maximum Gasteiger partial charge on any atom is 0.295 e. The maximum atomic E-state index is 15.2.